The topological polar surface area (TPSA) is 57.5 Å². The normalized spacial score (nSPS) is 13.6. The molecule has 3 nitrogen and oxygen atoms in total. The van der Waals surface area contributed by atoms with E-state index in [1.807, 2.05) is 18.2 Å². The third-order valence-corrected chi connectivity index (χ3v) is 3.09. The molecule has 0 aliphatic carbocycles. The maximum atomic E-state index is 10.3. The third-order valence-electron chi connectivity index (χ3n) is 3.09. The Labute approximate surface area is 129 Å². The van der Waals surface area contributed by atoms with E-state index in [0.29, 0.717) is 6.42 Å². The van der Waals surface area contributed by atoms with Crippen molar-refractivity contribution < 1.29 is 15.0 Å². The van der Waals surface area contributed by atoms with Crippen molar-refractivity contribution in [2.24, 2.45) is 0 Å². The molecule has 0 saturated carbocycles. The summed E-state index contributed by atoms with van der Waals surface area (Å²) in [5.41, 5.74) is 0. The lowest BCUT2D eigenvalue weighted by molar-refractivity contribution is -0.137. The molecule has 2 N–H and O–H groups in total. The smallest absolute Gasteiger partial charge is 0.303 e. The Morgan fingerprint density at radius 3 is 2.43 bits per heavy atom. The van der Waals surface area contributed by atoms with Crippen LogP contribution < -0.4 is 0 Å². The average Bonchev–Trinajstić information content (AvgIpc) is 2.45. The molecule has 21 heavy (non-hydrogen) atoms. The number of aliphatic hydroxyl groups excluding tert-OH is 1. The van der Waals surface area contributed by atoms with Crippen LogP contribution in [0, 0.1) is 0 Å². The highest BCUT2D eigenvalue weighted by Gasteiger charge is 1.96. The van der Waals surface area contributed by atoms with Crippen molar-refractivity contribution >= 4 is 5.97 Å². The third kappa shape index (κ3) is 16.6. The maximum absolute atomic E-state index is 10.3. The van der Waals surface area contributed by atoms with Gasteiger partial charge in [0.15, 0.2) is 0 Å². The number of aliphatic carboxylic acids is 1. The molecular weight excluding hydrogens is 264 g/mol. The molecule has 0 aliphatic rings. The lowest BCUT2D eigenvalue weighted by Gasteiger charge is -2.01. The predicted molar refractivity (Wildman–Crippen MR) is 88.3 cm³/mol. The van der Waals surface area contributed by atoms with Gasteiger partial charge in [-0.2, -0.15) is 0 Å². The van der Waals surface area contributed by atoms with Crippen molar-refractivity contribution in [2.45, 2.75) is 70.8 Å². The summed E-state index contributed by atoms with van der Waals surface area (Å²) in [6.45, 7) is 2.11. The number of unbranched alkanes of at least 4 members (excludes halogenated alkanes) is 4. The highest BCUT2D eigenvalue weighted by Crippen LogP contribution is 2.06. The van der Waals surface area contributed by atoms with Crippen molar-refractivity contribution in [1.82, 2.24) is 0 Å². The summed E-state index contributed by atoms with van der Waals surface area (Å²) in [5, 5.41) is 18.2. The van der Waals surface area contributed by atoms with E-state index in [0.717, 1.165) is 44.9 Å². The van der Waals surface area contributed by atoms with E-state index in [4.69, 9.17) is 5.11 Å². The monoisotopic (exact) mass is 294 g/mol. The van der Waals surface area contributed by atoms with Crippen molar-refractivity contribution in [3.05, 3.63) is 36.5 Å². The van der Waals surface area contributed by atoms with Gasteiger partial charge in [-0.3, -0.25) is 4.79 Å². The molecule has 0 spiro atoms. The van der Waals surface area contributed by atoms with Crippen LogP contribution in [0.1, 0.15) is 64.7 Å². The van der Waals surface area contributed by atoms with Crippen molar-refractivity contribution in [3.63, 3.8) is 0 Å². The highest BCUT2D eigenvalue weighted by atomic mass is 16.4. The fourth-order valence-electron chi connectivity index (χ4n) is 1.90. The van der Waals surface area contributed by atoms with Gasteiger partial charge in [0.1, 0.15) is 0 Å². The van der Waals surface area contributed by atoms with Crippen LogP contribution in [0.25, 0.3) is 0 Å². The summed E-state index contributed by atoms with van der Waals surface area (Å²) < 4.78 is 0. The van der Waals surface area contributed by atoms with Crippen LogP contribution in [0.15, 0.2) is 36.5 Å². The first kappa shape index (κ1) is 19.7. The van der Waals surface area contributed by atoms with Gasteiger partial charge in [-0.25, -0.2) is 0 Å². The molecule has 0 aromatic heterocycles. The van der Waals surface area contributed by atoms with Gasteiger partial charge in [0.05, 0.1) is 6.10 Å². The molecule has 0 aliphatic heterocycles. The van der Waals surface area contributed by atoms with E-state index in [9.17, 15) is 9.90 Å². The Bertz CT molecular complexity index is 329. The van der Waals surface area contributed by atoms with Crippen LogP contribution in [0.2, 0.25) is 0 Å². The molecule has 0 rings (SSSR count). The minimum absolute atomic E-state index is 0.272. The molecule has 3 heteroatoms. The number of aliphatic hydroxyl groups is 1. The van der Waals surface area contributed by atoms with Gasteiger partial charge in [-0.15, -0.1) is 0 Å². The first-order chi connectivity index (χ1) is 10.2. The molecule has 0 aromatic carbocycles. The standard InChI is InChI=1S/C18H30O3/c1-2-3-4-5-8-11-14-17(19)15-12-9-6-7-10-13-16-18(20)21/h3-4,8,11-12,15,17,19H,2,5-7,9-10,13-14,16H2,1H3,(H,20,21)/b4-3-,11-8-,15-12+/t17-/m1/s1. The van der Waals surface area contributed by atoms with Crippen LogP contribution in [-0.2, 0) is 4.79 Å². The van der Waals surface area contributed by atoms with E-state index in [1.165, 1.54) is 0 Å². The quantitative estimate of drug-likeness (QED) is 0.384. The Morgan fingerprint density at radius 2 is 1.71 bits per heavy atom. The molecule has 0 amide bonds. The predicted octanol–water partition coefficient (Wildman–Crippen LogP) is 4.63. The van der Waals surface area contributed by atoms with Gasteiger partial charge in [0, 0.05) is 6.42 Å². The molecule has 0 radical (unpaired) electrons. The molecule has 0 bridgehead atoms. The second-order valence-corrected chi connectivity index (χ2v) is 5.16. The zero-order valence-electron chi connectivity index (χ0n) is 13.2. The molecule has 0 unspecified atom stereocenters. The number of hydrogen-bond acceptors (Lipinski definition) is 2. The minimum Gasteiger partial charge on any atom is -0.481 e. The molecule has 0 fully saturated rings. The Morgan fingerprint density at radius 1 is 1.00 bits per heavy atom. The largest absolute Gasteiger partial charge is 0.481 e. The number of rotatable bonds is 13. The second kappa shape index (κ2) is 15.0. The number of carbonyl (C=O) groups is 1. The zero-order chi connectivity index (χ0) is 15.8. The summed E-state index contributed by atoms with van der Waals surface area (Å²) in [4.78, 5) is 10.3. The van der Waals surface area contributed by atoms with E-state index < -0.39 is 12.1 Å². The minimum atomic E-state index is -0.712. The summed E-state index contributed by atoms with van der Waals surface area (Å²) in [6.07, 6.45) is 19.5. The fourth-order valence-corrected chi connectivity index (χ4v) is 1.90. The molecule has 0 saturated heterocycles. The number of carboxylic acid groups (broad SMARTS) is 1. The maximum Gasteiger partial charge on any atom is 0.303 e. The van der Waals surface area contributed by atoms with Gasteiger partial charge in [-0.1, -0.05) is 56.2 Å². The first-order valence-corrected chi connectivity index (χ1v) is 8.03. The average molecular weight is 294 g/mol. The molecule has 120 valence electrons. The fraction of sp³-hybridized carbons (Fsp3) is 0.611. The van der Waals surface area contributed by atoms with Crippen LogP contribution >= 0.6 is 0 Å². The number of allylic oxidation sites excluding steroid dienone is 4. The lowest BCUT2D eigenvalue weighted by atomic mass is 10.1. The molecular formula is C18H30O3. The van der Waals surface area contributed by atoms with Gasteiger partial charge in [-0.05, 0) is 38.5 Å². The van der Waals surface area contributed by atoms with Crippen LogP contribution in [0.5, 0.6) is 0 Å². The van der Waals surface area contributed by atoms with Crippen molar-refractivity contribution in [2.75, 3.05) is 0 Å². The summed E-state index contributed by atoms with van der Waals surface area (Å²) >= 11 is 0. The molecule has 1 atom stereocenters. The SMILES string of the molecule is CC/C=C\C/C=C\C[C@@H](O)/C=C/CCCCCCC(=O)O. The van der Waals surface area contributed by atoms with Crippen LogP contribution in [0.3, 0.4) is 0 Å². The van der Waals surface area contributed by atoms with E-state index in [2.05, 4.69) is 25.2 Å². The van der Waals surface area contributed by atoms with Gasteiger partial charge >= 0.3 is 5.97 Å². The zero-order valence-corrected chi connectivity index (χ0v) is 13.2. The van der Waals surface area contributed by atoms with Gasteiger partial charge in [0.2, 0.25) is 0 Å². The number of carboxylic acids is 1. The van der Waals surface area contributed by atoms with E-state index >= 15 is 0 Å². The van der Waals surface area contributed by atoms with Crippen molar-refractivity contribution in [1.29, 1.82) is 0 Å². The van der Waals surface area contributed by atoms with E-state index in [1.54, 1.807) is 0 Å². The second-order valence-electron chi connectivity index (χ2n) is 5.16. The van der Waals surface area contributed by atoms with Gasteiger partial charge < -0.3 is 10.2 Å². The Hall–Kier alpha value is -1.35. The van der Waals surface area contributed by atoms with E-state index in [-0.39, 0.29) is 6.42 Å². The van der Waals surface area contributed by atoms with Crippen LogP contribution in [0.4, 0.5) is 0 Å². The van der Waals surface area contributed by atoms with Crippen LogP contribution in [-0.4, -0.2) is 22.3 Å². The Balaban J connectivity index is 3.47. The first-order valence-electron chi connectivity index (χ1n) is 8.03. The van der Waals surface area contributed by atoms with Crippen molar-refractivity contribution in [3.8, 4) is 0 Å². The summed E-state index contributed by atoms with van der Waals surface area (Å²) in [5.74, 6) is -0.712. The number of hydrogen-bond donors (Lipinski definition) is 2. The Kier molecular flexibility index (Phi) is 14.1. The summed E-state index contributed by atoms with van der Waals surface area (Å²) in [6, 6.07) is 0. The molecule has 0 heterocycles. The lowest BCUT2D eigenvalue weighted by Crippen LogP contribution is -1.99. The molecule has 0 aromatic rings. The summed E-state index contributed by atoms with van der Waals surface area (Å²) in [7, 11) is 0. The van der Waals surface area contributed by atoms with Gasteiger partial charge in [0.25, 0.3) is 0 Å². The highest BCUT2D eigenvalue weighted by molar-refractivity contribution is 5.66.